The van der Waals surface area contributed by atoms with Crippen molar-refractivity contribution in [2.45, 2.75) is 63.1 Å². The first-order valence-electron chi connectivity index (χ1n) is 10.5. The molecule has 0 spiro atoms. The van der Waals surface area contributed by atoms with Crippen LogP contribution in [0.25, 0.3) is 11.2 Å². The van der Waals surface area contributed by atoms with Crippen LogP contribution in [0.15, 0.2) is 24.4 Å². The molecule has 0 saturated heterocycles. The first-order valence-corrected chi connectivity index (χ1v) is 10.5. The number of para-hydroxylation sites is 1. The molecule has 0 aliphatic heterocycles. The standard InChI is InChI=1S/C21H24F2N6O/c22-15-5-2-6-16(23)18(15)27-21-26-17-11-24-20(25-12-3-1-4-12)28-19(17)29(21)13-7-9-14(30)10-8-13/h2,5-6,11-14,30H,1,3-4,7-10H2,(H,26,27)(H,24,25,28). The normalized spacial score (nSPS) is 22.1. The van der Waals surface area contributed by atoms with Gasteiger partial charge in [0, 0.05) is 12.1 Å². The largest absolute Gasteiger partial charge is 0.393 e. The fourth-order valence-electron chi connectivity index (χ4n) is 4.18. The van der Waals surface area contributed by atoms with Crippen molar-refractivity contribution >= 4 is 28.7 Å². The minimum absolute atomic E-state index is 0.0159. The summed E-state index contributed by atoms with van der Waals surface area (Å²) in [5.74, 6) is -0.518. The van der Waals surface area contributed by atoms with Crippen LogP contribution in [0.2, 0.25) is 0 Å². The zero-order chi connectivity index (χ0) is 20.7. The molecule has 30 heavy (non-hydrogen) atoms. The van der Waals surface area contributed by atoms with Gasteiger partial charge < -0.3 is 15.7 Å². The highest BCUT2D eigenvalue weighted by molar-refractivity contribution is 5.76. The Morgan fingerprint density at radius 2 is 1.73 bits per heavy atom. The van der Waals surface area contributed by atoms with Gasteiger partial charge in [0.1, 0.15) is 22.8 Å². The van der Waals surface area contributed by atoms with Crippen molar-refractivity contribution in [3.8, 4) is 0 Å². The molecule has 3 aromatic rings. The number of rotatable bonds is 5. The van der Waals surface area contributed by atoms with Crippen LogP contribution in [0, 0.1) is 11.6 Å². The number of hydrogen-bond acceptors (Lipinski definition) is 6. The molecule has 0 radical (unpaired) electrons. The van der Waals surface area contributed by atoms with E-state index in [1.807, 2.05) is 4.57 Å². The third kappa shape index (κ3) is 3.58. The molecule has 2 saturated carbocycles. The van der Waals surface area contributed by atoms with Crippen molar-refractivity contribution in [2.75, 3.05) is 10.6 Å². The first-order chi connectivity index (χ1) is 14.6. The van der Waals surface area contributed by atoms with E-state index < -0.39 is 11.6 Å². The quantitative estimate of drug-likeness (QED) is 0.577. The molecular weight excluding hydrogens is 390 g/mol. The van der Waals surface area contributed by atoms with E-state index in [0.29, 0.717) is 41.9 Å². The van der Waals surface area contributed by atoms with Gasteiger partial charge in [-0.3, -0.25) is 4.57 Å². The van der Waals surface area contributed by atoms with Crippen LogP contribution in [0.4, 0.5) is 26.4 Å². The molecule has 2 aromatic heterocycles. The second-order valence-corrected chi connectivity index (χ2v) is 8.16. The van der Waals surface area contributed by atoms with Crippen molar-refractivity contribution in [3.63, 3.8) is 0 Å². The van der Waals surface area contributed by atoms with E-state index in [1.54, 1.807) is 6.20 Å². The predicted octanol–water partition coefficient (Wildman–Crippen LogP) is 4.29. The lowest BCUT2D eigenvalue weighted by molar-refractivity contribution is 0.112. The smallest absolute Gasteiger partial charge is 0.224 e. The summed E-state index contributed by atoms with van der Waals surface area (Å²) in [5, 5.41) is 16.1. The molecule has 158 valence electrons. The van der Waals surface area contributed by atoms with Crippen molar-refractivity contribution in [3.05, 3.63) is 36.0 Å². The number of aromatic nitrogens is 4. The predicted molar refractivity (Wildman–Crippen MR) is 110 cm³/mol. The van der Waals surface area contributed by atoms with E-state index >= 15 is 0 Å². The number of imidazole rings is 1. The first kappa shape index (κ1) is 19.2. The number of aliphatic hydroxyl groups excluding tert-OH is 1. The van der Waals surface area contributed by atoms with Gasteiger partial charge in [0.2, 0.25) is 11.9 Å². The molecule has 2 aliphatic rings. The molecule has 2 aliphatic carbocycles. The van der Waals surface area contributed by atoms with Gasteiger partial charge in [-0.1, -0.05) is 6.07 Å². The molecule has 0 atom stereocenters. The average molecular weight is 414 g/mol. The number of fused-ring (bicyclic) bond motifs is 1. The molecule has 0 amide bonds. The molecule has 3 N–H and O–H groups in total. The Morgan fingerprint density at radius 3 is 2.40 bits per heavy atom. The van der Waals surface area contributed by atoms with Crippen LogP contribution in [0.1, 0.15) is 51.0 Å². The topological polar surface area (TPSA) is 87.9 Å². The number of nitrogens with zero attached hydrogens (tertiary/aromatic N) is 4. The van der Waals surface area contributed by atoms with Gasteiger partial charge in [0.25, 0.3) is 0 Å². The van der Waals surface area contributed by atoms with E-state index in [0.717, 1.165) is 25.7 Å². The molecule has 0 unspecified atom stereocenters. The molecule has 1 aromatic carbocycles. The fourth-order valence-corrected chi connectivity index (χ4v) is 4.18. The highest BCUT2D eigenvalue weighted by Crippen LogP contribution is 2.35. The van der Waals surface area contributed by atoms with E-state index in [4.69, 9.17) is 0 Å². The van der Waals surface area contributed by atoms with Gasteiger partial charge in [-0.25, -0.2) is 18.7 Å². The second kappa shape index (κ2) is 7.79. The molecule has 2 heterocycles. The van der Waals surface area contributed by atoms with Crippen LogP contribution >= 0.6 is 0 Å². The molecule has 7 nitrogen and oxygen atoms in total. The van der Waals surface area contributed by atoms with Crippen LogP contribution in [0.3, 0.4) is 0 Å². The molecule has 2 fully saturated rings. The van der Waals surface area contributed by atoms with Crippen molar-refractivity contribution < 1.29 is 13.9 Å². The zero-order valence-corrected chi connectivity index (χ0v) is 16.5. The number of benzene rings is 1. The van der Waals surface area contributed by atoms with Gasteiger partial charge in [-0.15, -0.1) is 0 Å². The Kier molecular flexibility index (Phi) is 4.98. The maximum Gasteiger partial charge on any atom is 0.224 e. The van der Waals surface area contributed by atoms with Crippen LogP contribution in [-0.4, -0.2) is 36.8 Å². The summed E-state index contributed by atoms with van der Waals surface area (Å²) >= 11 is 0. The lowest BCUT2D eigenvalue weighted by Gasteiger charge is -2.28. The number of halogens is 2. The molecule has 9 heteroatoms. The highest BCUT2D eigenvalue weighted by atomic mass is 19.1. The number of hydrogen-bond donors (Lipinski definition) is 3. The Hall–Kier alpha value is -2.81. The maximum absolute atomic E-state index is 14.3. The van der Waals surface area contributed by atoms with Gasteiger partial charge in [0.15, 0.2) is 5.65 Å². The van der Waals surface area contributed by atoms with Crippen molar-refractivity contribution in [2.24, 2.45) is 0 Å². The van der Waals surface area contributed by atoms with Crippen LogP contribution in [-0.2, 0) is 0 Å². The van der Waals surface area contributed by atoms with Gasteiger partial charge in [0.05, 0.1) is 12.3 Å². The summed E-state index contributed by atoms with van der Waals surface area (Å²) < 4.78 is 30.4. The summed E-state index contributed by atoms with van der Waals surface area (Å²) in [7, 11) is 0. The SMILES string of the molecule is OC1CCC(n2c(Nc3c(F)cccc3F)nc3cnc(NC4CCC4)nc32)CC1. The average Bonchev–Trinajstić information content (AvgIpc) is 3.06. The highest BCUT2D eigenvalue weighted by Gasteiger charge is 2.27. The monoisotopic (exact) mass is 414 g/mol. The maximum atomic E-state index is 14.3. The van der Waals surface area contributed by atoms with Crippen molar-refractivity contribution in [1.29, 1.82) is 0 Å². The van der Waals surface area contributed by atoms with Crippen LogP contribution in [0.5, 0.6) is 0 Å². The number of anilines is 3. The van der Waals surface area contributed by atoms with Gasteiger partial charge in [-0.05, 0) is 57.1 Å². The Bertz CT molecular complexity index is 1040. The lowest BCUT2D eigenvalue weighted by Crippen LogP contribution is -2.28. The zero-order valence-electron chi connectivity index (χ0n) is 16.5. The summed E-state index contributed by atoms with van der Waals surface area (Å²) in [6.07, 6.45) is 7.51. The third-order valence-electron chi connectivity index (χ3n) is 6.10. The number of aliphatic hydroxyl groups is 1. The summed E-state index contributed by atoms with van der Waals surface area (Å²) in [5.41, 5.74) is 0.928. The minimum atomic E-state index is -0.689. The summed E-state index contributed by atoms with van der Waals surface area (Å²) in [4.78, 5) is 13.6. The van der Waals surface area contributed by atoms with E-state index in [2.05, 4.69) is 25.6 Å². The van der Waals surface area contributed by atoms with E-state index in [-0.39, 0.29) is 17.8 Å². The molecule has 5 rings (SSSR count). The Morgan fingerprint density at radius 1 is 1.00 bits per heavy atom. The molecular formula is C21H24F2N6O. The number of nitrogens with one attached hydrogen (secondary N) is 2. The molecule has 0 bridgehead atoms. The van der Waals surface area contributed by atoms with Crippen LogP contribution < -0.4 is 10.6 Å². The van der Waals surface area contributed by atoms with Gasteiger partial charge in [-0.2, -0.15) is 4.98 Å². The third-order valence-corrected chi connectivity index (χ3v) is 6.10. The Labute approximate surface area is 172 Å². The second-order valence-electron chi connectivity index (χ2n) is 8.16. The van der Waals surface area contributed by atoms with E-state index in [1.165, 1.54) is 24.6 Å². The van der Waals surface area contributed by atoms with E-state index in [9.17, 15) is 13.9 Å². The lowest BCUT2D eigenvalue weighted by atomic mass is 9.93. The summed E-state index contributed by atoms with van der Waals surface area (Å²) in [6.45, 7) is 0. The van der Waals surface area contributed by atoms with Crippen molar-refractivity contribution in [1.82, 2.24) is 19.5 Å². The minimum Gasteiger partial charge on any atom is -0.393 e. The van der Waals surface area contributed by atoms with Gasteiger partial charge >= 0.3 is 0 Å². The fraction of sp³-hybridized carbons (Fsp3) is 0.476. The summed E-state index contributed by atoms with van der Waals surface area (Å²) in [6, 6.07) is 4.13. The Balaban J connectivity index is 1.56.